The predicted molar refractivity (Wildman–Crippen MR) is 116 cm³/mol. The highest BCUT2D eigenvalue weighted by molar-refractivity contribution is 6.05. The van der Waals surface area contributed by atoms with Crippen molar-refractivity contribution >= 4 is 17.5 Å². The number of amides is 1. The number of anilines is 1. The van der Waals surface area contributed by atoms with E-state index in [9.17, 15) is 13.6 Å². The van der Waals surface area contributed by atoms with E-state index >= 15 is 0 Å². The smallest absolute Gasteiger partial charge is 0.287 e. The molecule has 1 saturated carbocycles. The first-order valence-corrected chi connectivity index (χ1v) is 10.8. The van der Waals surface area contributed by atoms with E-state index in [1.165, 1.54) is 18.2 Å². The minimum absolute atomic E-state index is 0.0108. The lowest BCUT2D eigenvalue weighted by molar-refractivity contribution is 0.0128. The third-order valence-electron chi connectivity index (χ3n) is 6.11. The molecule has 0 spiro atoms. The fourth-order valence-electron chi connectivity index (χ4n) is 4.72. The Balaban J connectivity index is 1.49. The van der Waals surface area contributed by atoms with E-state index in [1.54, 1.807) is 10.6 Å². The lowest BCUT2D eigenvalue weighted by atomic mass is 9.62. The third-order valence-corrected chi connectivity index (χ3v) is 6.11. The number of alkyl halides is 2. The number of imidazole rings is 1. The minimum atomic E-state index is -3.12. The zero-order chi connectivity index (χ0) is 23.6. The Kier molecular flexibility index (Phi) is 4.72. The summed E-state index contributed by atoms with van der Waals surface area (Å²) < 4.78 is 40.6. The van der Waals surface area contributed by atoms with Crippen LogP contribution in [0.2, 0.25) is 0 Å². The number of hydrogen-bond acceptors (Lipinski definition) is 6. The number of nitrogens with zero attached hydrogens (tertiary/aromatic N) is 4. The molecular formula is C23H25F2N5O3. The van der Waals surface area contributed by atoms with Gasteiger partial charge in [0.15, 0.2) is 0 Å². The summed E-state index contributed by atoms with van der Waals surface area (Å²) in [6.45, 7) is 7.11. The lowest BCUT2D eigenvalue weighted by Crippen LogP contribution is -2.45. The van der Waals surface area contributed by atoms with Crippen molar-refractivity contribution in [2.75, 3.05) is 11.9 Å². The number of pyridine rings is 1. The molecule has 1 N–H and O–H groups in total. The Hall–Kier alpha value is -3.14. The molecule has 3 aromatic rings. The van der Waals surface area contributed by atoms with Gasteiger partial charge in [-0.3, -0.25) is 9.20 Å². The summed E-state index contributed by atoms with van der Waals surface area (Å²) in [5.41, 5.74) is 0.376. The van der Waals surface area contributed by atoms with E-state index in [0.29, 0.717) is 12.4 Å². The zero-order valence-electron chi connectivity index (χ0n) is 18.9. The molecule has 0 aromatic carbocycles. The van der Waals surface area contributed by atoms with Crippen LogP contribution in [0.3, 0.4) is 0 Å². The molecule has 6 rings (SSSR count). The number of nitrogens with one attached hydrogen (secondary N) is 1. The Morgan fingerprint density at radius 1 is 1.24 bits per heavy atom. The van der Waals surface area contributed by atoms with Crippen LogP contribution in [0, 0.1) is 0 Å². The first kappa shape index (κ1) is 21.7. The van der Waals surface area contributed by atoms with Gasteiger partial charge < -0.3 is 14.8 Å². The normalized spacial score (nSPS) is 24.2. The second kappa shape index (κ2) is 7.18. The number of rotatable bonds is 6. The summed E-state index contributed by atoms with van der Waals surface area (Å²) in [6, 6.07) is 4.07. The zero-order valence-corrected chi connectivity index (χ0v) is 18.9. The molecule has 2 saturated heterocycles. The van der Waals surface area contributed by atoms with Crippen LogP contribution in [-0.2, 0) is 16.1 Å². The Morgan fingerprint density at radius 3 is 2.64 bits per heavy atom. The molecule has 3 aliphatic rings. The molecule has 174 valence electrons. The highest BCUT2D eigenvalue weighted by Gasteiger charge is 2.61. The maximum Gasteiger partial charge on any atom is 0.287 e. The van der Waals surface area contributed by atoms with Gasteiger partial charge in [0, 0.05) is 24.7 Å². The minimum Gasteiger partial charge on any atom is -0.474 e. The monoisotopic (exact) mass is 457 g/mol. The second-order valence-electron chi connectivity index (χ2n) is 9.58. The fraction of sp³-hybridized carbons (Fsp3) is 0.478. The van der Waals surface area contributed by atoms with Gasteiger partial charge in [0.25, 0.3) is 11.8 Å². The van der Waals surface area contributed by atoms with Gasteiger partial charge in [0.2, 0.25) is 11.7 Å². The van der Waals surface area contributed by atoms with Crippen molar-refractivity contribution in [3.63, 3.8) is 0 Å². The molecule has 5 heterocycles. The quantitative estimate of drug-likeness (QED) is 0.600. The molecule has 2 aliphatic heterocycles. The molecule has 8 nitrogen and oxygen atoms in total. The number of ether oxygens (including phenoxy) is 2. The molecule has 1 amide bonds. The van der Waals surface area contributed by atoms with Crippen molar-refractivity contribution in [3.05, 3.63) is 47.5 Å². The summed E-state index contributed by atoms with van der Waals surface area (Å²) in [4.78, 5) is 26.1. The van der Waals surface area contributed by atoms with Crippen molar-refractivity contribution in [1.29, 1.82) is 0 Å². The molecule has 0 unspecified atom stereocenters. The largest absolute Gasteiger partial charge is 0.474 e. The lowest BCUT2D eigenvalue weighted by Gasteiger charge is -2.41. The van der Waals surface area contributed by atoms with Crippen LogP contribution in [0.15, 0.2) is 30.6 Å². The molecule has 2 bridgehead atoms. The van der Waals surface area contributed by atoms with Crippen molar-refractivity contribution in [3.8, 4) is 5.88 Å². The summed E-state index contributed by atoms with van der Waals surface area (Å²) in [5, 5.41) is 2.57. The van der Waals surface area contributed by atoms with Crippen LogP contribution in [0.4, 0.5) is 14.6 Å². The molecule has 10 heteroatoms. The van der Waals surface area contributed by atoms with Crippen LogP contribution >= 0.6 is 0 Å². The van der Waals surface area contributed by atoms with Gasteiger partial charge in [-0.05, 0) is 45.7 Å². The molecule has 0 radical (unpaired) electrons. The average Bonchev–Trinajstić information content (AvgIpc) is 3.37. The fourth-order valence-corrected chi connectivity index (χ4v) is 4.72. The number of fused-ring (bicyclic) bond motifs is 2. The first-order valence-electron chi connectivity index (χ1n) is 10.8. The van der Waals surface area contributed by atoms with Crippen LogP contribution in [-0.4, -0.2) is 43.6 Å². The third kappa shape index (κ3) is 3.82. The predicted octanol–water partition coefficient (Wildman–Crippen LogP) is 4.10. The standard InChI is InChI=1S/C23H25F2N5O3/c1-13(2)33-19-14(18(31)28-17-7-5-6-15(26-17)22(4,24)25)8-30-9-16(27-20(30)29-19)23-10-21(3,11-23)32-12-23/h5-9,13H,10-12H2,1-4H3,(H,26,28,31). The van der Waals surface area contributed by atoms with E-state index in [-0.39, 0.29) is 34.4 Å². The van der Waals surface area contributed by atoms with Gasteiger partial charge in [-0.25, -0.2) is 9.97 Å². The summed E-state index contributed by atoms with van der Waals surface area (Å²) in [6.07, 6.45) is 5.01. The van der Waals surface area contributed by atoms with E-state index in [1.807, 2.05) is 20.0 Å². The van der Waals surface area contributed by atoms with Crippen molar-refractivity contribution in [2.45, 2.75) is 63.6 Å². The van der Waals surface area contributed by atoms with Crippen LogP contribution in [0.1, 0.15) is 62.3 Å². The Morgan fingerprint density at radius 2 is 2.00 bits per heavy atom. The summed E-state index contributed by atoms with van der Waals surface area (Å²) >= 11 is 0. The first-order chi connectivity index (χ1) is 15.5. The summed E-state index contributed by atoms with van der Waals surface area (Å²) in [7, 11) is 0. The molecule has 3 aromatic heterocycles. The van der Waals surface area contributed by atoms with E-state index in [0.717, 1.165) is 25.5 Å². The molecule has 33 heavy (non-hydrogen) atoms. The number of hydrogen-bond donors (Lipinski definition) is 1. The molecular weight excluding hydrogens is 432 g/mol. The van der Waals surface area contributed by atoms with Gasteiger partial charge in [0.05, 0.1) is 24.0 Å². The van der Waals surface area contributed by atoms with Gasteiger partial charge in [-0.15, -0.1) is 0 Å². The van der Waals surface area contributed by atoms with Crippen LogP contribution in [0.25, 0.3) is 5.78 Å². The molecule has 1 aliphatic carbocycles. The van der Waals surface area contributed by atoms with Gasteiger partial charge in [-0.1, -0.05) is 6.07 Å². The number of aromatic nitrogens is 4. The maximum absolute atomic E-state index is 13.6. The average molecular weight is 457 g/mol. The van der Waals surface area contributed by atoms with E-state index in [4.69, 9.17) is 14.5 Å². The van der Waals surface area contributed by atoms with Crippen LogP contribution in [0.5, 0.6) is 5.88 Å². The highest BCUT2D eigenvalue weighted by atomic mass is 19.3. The Labute approximate surface area is 189 Å². The van der Waals surface area contributed by atoms with E-state index < -0.39 is 17.5 Å². The molecule has 3 fully saturated rings. The SMILES string of the molecule is CC(C)Oc1nc2nc(C34COC(C)(C3)C4)cn2cc1C(=O)Nc1cccc(C(C)(F)F)n1. The van der Waals surface area contributed by atoms with Crippen molar-refractivity contribution in [2.24, 2.45) is 0 Å². The van der Waals surface area contributed by atoms with Crippen molar-refractivity contribution in [1.82, 2.24) is 19.4 Å². The topological polar surface area (TPSA) is 90.6 Å². The number of halogens is 2. The van der Waals surface area contributed by atoms with E-state index in [2.05, 4.69) is 22.2 Å². The maximum atomic E-state index is 13.6. The van der Waals surface area contributed by atoms with Gasteiger partial charge in [-0.2, -0.15) is 13.8 Å². The second-order valence-corrected chi connectivity index (χ2v) is 9.58. The van der Waals surface area contributed by atoms with Crippen molar-refractivity contribution < 1.29 is 23.0 Å². The highest BCUT2D eigenvalue weighted by Crippen LogP contribution is 2.58. The molecule has 0 atom stereocenters. The van der Waals surface area contributed by atoms with Gasteiger partial charge >= 0.3 is 0 Å². The Bertz CT molecular complexity index is 1240. The van der Waals surface area contributed by atoms with Crippen LogP contribution < -0.4 is 10.1 Å². The van der Waals surface area contributed by atoms with Gasteiger partial charge in [0.1, 0.15) is 17.1 Å². The number of carbonyl (C=O) groups is 1. The number of carbonyl (C=O) groups excluding carboxylic acids is 1. The summed E-state index contributed by atoms with van der Waals surface area (Å²) in [5.74, 6) is -3.16.